The summed E-state index contributed by atoms with van der Waals surface area (Å²) in [5.74, 6) is 0.224. The number of benzene rings is 2. The van der Waals surface area contributed by atoms with Crippen LogP contribution in [0.4, 0.5) is 10.1 Å². The van der Waals surface area contributed by atoms with Crippen molar-refractivity contribution in [1.82, 2.24) is 9.36 Å². The van der Waals surface area contributed by atoms with E-state index in [2.05, 4.69) is 5.32 Å². The highest BCUT2D eigenvalue weighted by molar-refractivity contribution is 5.92. The summed E-state index contributed by atoms with van der Waals surface area (Å²) >= 11 is 0. The number of carbonyl (C=O) groups excluding carboxylic acids is 1. The minimum absolute atomic E-state index is 0.124. The van der Waals surface area contributed by atoms with E-state index >= 15 is 0 Å². The van der Waals surface area contributed by atoms with E-state index in [-0.39, 0.29) is 23.4 Å². The second-order valence-electron chi connectivity index (χ2n) is 7.66. The smallest absolute Gasteiger partial charge is 0.275 e. The minimum atomic E-state index is -0.605. The van der Waals surface area contributed by atoms with Crippen molar-refractivity contribution in [2.75, 3.05) is 19.5 Å². The number of ether oxygens (including phenoxy) is 2. The van der Waals surface area contributed by atoms with Crippen LogP contribution in [0.3, 0.4) is 0 Å². The fourth-order valence-electron chi connectivity index (χ4n) is 3.27. The number of hydrogen-bond donors (Lipinski definition) is 1. The summed E-state index contributed by atoms with van der Waals surface area (Å²) in [6, 6.07) is 9.01. The highest BCUT2D eigenvalue weighted by Crippen LogP contribution is 2.26. The minimum Gasteiger partial charge on any atom is -0.497 e. The van der Waals surface area contributed by atoms with Gasteiger partial charge in [-0.15, -0.1) is 0 Å². The lowest BCUT2D eigenvalue weighted by Crippen LogP contribution is -2.38. The first-order chi connectivity index (χ1) is 13.6. The molecule has 0 spiro atoms. The van der Waals surface area contributed by atoms with Crippen LogP contribution in [0.5, 0.6) is 11.5 Å². The van der Waals surface area contributed by atoms with E-state index in [9.17, 15) is 14.0 Å². The third-order valence-electron chi connectivity index (χ3n) is 4.46. The molecule has 0 bridgehead atoms. The van der Waals surface area contributed by atoms with Gasteiger partial charge in [-0.05, 0) is 39.0 Å². The topological polar surface area (TPSA) is 74.5 Å². The molecule has 0 aliphatic heterocycles. The molecule has 1 N–H and O–H groups in total. The normalized spacial score (nSPS) is 11.5. The number of halogens is 1. The van der Waals surface area contributed by atoms with Crippen LogP contribution in [0.15, 0.2) is 41.2 Å². The molecule has 0 aliphatic rings. The highest BCUT2D eigenvalue weighted by atomic mass is 19.1. The number of fused-ring (bicyclic) bond motifs is 1. The second kappa shape index (κ2) is 7.62. The molecule has 0 saturated heterocycles. The Morgan fingerprint density at radius 2 is 1.69 bits per heavy atom. The lowest BCUT2D eigenvalue weighted by atomic mass is 10.1. The third-order valence-corrected chi connectivity index (χ3v) is 4.46. The Morgan fingerprint density at radius 3 is 2.24 bits per heavy atom. The molecule has 7 nitrogen and oxygen atoms in total. The van der Waals surface area contributed by atoms with Crippen LogP contribution >= 0.6 is 0 Å². The molecule has 29 heavy (non-hydrogen) atoms. The maximum absolute atomic E-state index is 13.7. The molecule has 0 aliphatic carbocycles. The van der Waals surface area contributed by atoms with Crippen LogP contribution in [0.25, 0.3) is 10.9 Å². The van der Waals surface area contributed by atoms with Gasteiger partial charge in [0.05, 0.1) is 30.7 Å². The molecule has 3 rings (SSSR count). The van der Waals surface area contributed by atoms with Crippen molar-refractivity contribution < 1.29 is 18.7 Å². The first-order valence-electron chi connectivity index (χ1n) is 9.08. The molecule has 3 aromatic rings. The number of hydrogen-bond acceptors (Lipinski definition) is 4. The molecule has 1 heterocycles. The summed E-state index contributed by atoms with van der Waals surface area (Å²) < 4.78 is 27.2. The Kier molecular flexibility index (Phi) is 5.37. The number of rotatable bonds is 5. The summed E-state index contributed by atoms with van der Waals surface area (Å²) in [6.07, 6.45) is 0. The van der Waals surface area contributed by atoms with E-state index in [4.69, 9.17) is 9.47 Å². The molecule has 0 radical (unpaired) electrons. The summed E-state index contributed by atoms with van der Waals surface area (Å²) in [5, 5.41) is 3.03. The predicted molar refractivity (Wildman–Crippen MR) is 109 cm³/mol. The van der Waals surface area contributed by atoms with Gasteiger partial charge in [0, 0.05) is 23.9 Å². The van der Waals surface area contributed by atoms with Crippen molar-refractivity contribution in [1.29, 1.82) is 0 Å². The quantitative estimate of drug-likeness (QED) is 0.712. The van der Waals surface area contributed by atoms with Gasteiger partial charge in [-0.1, -0.05) is 0 Å². The van der Waals surface area contributed by atoms with Gasteiger partial charge in [0.25, 0.3) is 5.56 Å². The standard InChI is InChI=1S/C21H24FN3O4/c1-21(2,3)25-20(27)17-8-13(22)6-7-18(17)24(25)12-19(26)23-14-9-15(28-4)11-16(10-14)29-5/h6-11H,12H2,1-5H3,(H,23,26). The first-order valence-corrected chi connectivity index (χ1v) is 9.08. The summed E-state index contributed by atoms with van der Waals surface area (Å²) in [6.45, 7) is 5.43. The van der Waals surface area contributed by atoms with Gasteiger partial charge in [-0.25, -0.2) is 9.07 Å². The van der Waals surface area contributed by atoms with E-state index in [1.807, 2.05) is 20.8 Å². The number of nitrogens with zero attached hydrogens (tertiary/aromatic N) is 2. The molecule has 0 saturated carbocycles. The molecule has 2 aromatic carbocycles. The number of nitrogens with one attached hydrogen (secondary N) is 1. The summed E-state index contributed by atoms with van der Waals surface area (Å²) in [7, 11) is 3.04. The van der Waals surface area contributed by atoms with Crippen molar-refractivity contribution >= 4 is 22.5 Å². The van der Waals surface area contributed by atoms with Crippen LogP contribution in [-0.4, -0.2) is 29.5 Å². The Morgan fingerprint density at radius 1 is 1.07 bits per heavy atom. The average Bonchev–Trinajstić information content (AvgIpc) is 2.92. The van der Waals surface area contributed by atoms with Gasteiger partial charge in [-0.2, -0.15) is 0 Å². The maximum Gasteiger partial charge on any atom is 0.275 e. The number of amides is 1. The van der Waals surface area contributed by atoms with Gasteiger partial charge >= 0.3 is 0 Å². The van der Waals surface area contributed by atoms with E-state index in [0.717, 1.165) is 0 Å². The second-order valence-corrected chi connectivity index (χ2v) is 7.66. The van der Waals surface area contributed by atoms with Gasteiger partial charge in [0.2, 0.25) is 5.91 Å². The number of methoxy groups -OCH3 is 2. The molecule has 0 unspecified atom stereocenters. The lowest BCUT2D eigenvalue weighted by Gasteiger charge is -2.24. The summed E-state index contributed by atoms with van der Waals surface area (Å²) in [4.78, 5) is 25.6. The van der Waals surface area contributed by atoms with Crippen molar-refractivity contribution in [2.45, 2.75) is 32.9 Å². The molecular formula is C21H24FN3O4. The van der Waals surface area contributed by atoms with Crippen LogP contribution < -0.4 is 20.3 Å². The van der Waals surface area contributed by atoms with Crippen molar-refractivity contribution in [2.24, 2.45) is 0 Å². The zero-order valence-corrected chi connectivity index (χ0v) is 17.1. The zero-order valence-electron chi connectivity index (χ0n) is 17.1. The number of anilines is 1. The molecule has 1 amide bonds. The highest BCUT2D eigenvalue weighted by Gasteiger charge is 2.24. The van der Waals surface area contributed by atoms with Crippen molar-refractivity contribution in [3.8, 4) is 11.5 Å². The van der Waals surface area contributed by atoms with E-state index < -0.39 is 11.4 Å². The summed E-state index contributed by atoms with van der Waals surface area (Å²) in [5.41, 5.74) is 0.0392. The molecule has 0 fully saturated rings. The Labute approximate surface area is 167 Å². The predicted octanol–water partition coefficient (Wildman–Crippen LogP) is 3.35. The van der Waals surface area contributed by atoms with E-state index in [0.29, 0.717) is 22.7 Å². The first kappa shape index (κ1) is 20.4. The Bertz CT molecular complexity index is 1100. The average molecular weight is 401 g/mol. The number of carbonyl (C=O) groups is 1. The van der Waals surface area contributed by atoms with Gasteiger partial charge in [-0.3, -0.25) is 14.3 Å². The Balaban J connectivity index is 2.00. The molecular weight excluding hydrogens is 377 g/mol. The van der Waals surface area contributed by atoms with Gasteiger partial charge in [0.1, 0.15) is 23.9 Å². The molecule has 1 aromatic heterocycles. The van der Waals surface area contributed by atoms with Crippen LogP contribution in [0.1, 0.15) is 20.8 Å². The van der Waals surface area contributed by atoms with E-state index in [1.165, 1.54) is 37.1 Å². The van der Waals surface area contributed by atoms with Gasteiger partial charge < -0.3 is 14.8 Å². The van der Waals surface area contributed by atoms with Crippen molar-refractivity contribution in [3.63, 3.8) is 0 Å². The fourth-order valence-corrected chi connectivity index (χ4v) is 3.27. The largest absolute Gasteiger partial charge is 0.497 e. The monoisotopic (exact) mass is 401 g/mol. The molecule has 0 atom stereocenters. The SMILES string of the molecule is COc1cc(NC(=O)Cn2c3ccc(F)cc3c(=O)n2C(C)(C)C)cc(OC)c1. The van der Waals surface area contributed by atoms with E-state index in [1.54, 1.807) is 22.9 Å². The Hall–Kier alpha value is -3.29. The maximum atomic E-state index is 13.7. The van der Waals surface area contributed by atoms with Crippen LogP contribution in [0, 0.1) is 5.82 Å². The third kappa shape index (κ3) is 4.11. The molecule has 8 heteroatoms. The van der Waals surface area contributed by atoms with Crippen LogP contribution in [-0.2, 0) is 16.9 Å². The molecule has 154 valence electrons. The fraction of sp³-hybridized carbons (Fsp3) is 0.333. The zero-order chi connectivity index (χ0) is 21.3. The number of aromatic nitrogens is 2. The lowest BCUT2D eigenvalue weighted by molar-refractivity contribution is -0.117. The van der Waals surface area contributed by atoms with Gasteiger partial charge in [0.15, 0.2) is 0 Å². The van der Waals surface area contributed by atoms with Crippen molar-refractivity contribution in [3.05, 3.63) is 52.6 Å². The van der Waals surface area contributed by atoms with Crippen LogP contribution in [0.2, 0.25) is 0 Å².